The largest absolute Gasteiger partial charge is 0.311 e. The van der Waals surface area contributed by atoms with E-state index < -0.39 is 10.2 Å². The molecule has 3 N–H and O–H groups in total. The Kier molecular flexibility index (Phi) is 4.85. The fraction of sp³-hybridized carbons (Fsp3) is 0.722. The molecule has 0 radical (unpaired) electrons. The van der Waals surface area contributed by atoms with Gasteiger partial charge < -0.3 is 4.90 Å². The minimum atomic E-state index is -3.61. The van der Waals surface area contributed by atoms with Crippen LogP contribution in [0.15, 0.2) is 23.4 Å². The van der Waals surface area contributed by atoms with Gasteiger partial charge in [0.2, 0.25) is 5.91 Å². The van der Waals surface area contributed by atoms with Crippen LogP contribution in [0, 0.1) is 23.7 Å². The van der Waals surface area contributed by atoms with Gasteiger partial charge in [-0.25, -0.2) is 9.86 Å². The summed E-state index contributed by atoms with van der Waals surface area (Å²) in [5, 5.41) is 5.01. The number of carbonyl (C=O) groups excluding carboxylic acids is 1. The maximum absolute atomic E-state index is 12.4. The zero-order valence-electron chi connectivity index (χ0n) is 15.3. The van der Waals surface area contributed by atoms with Gasteiger partial charge in [0.1, 0.15) is 0 Å². The topological polar surface area (TPSA) is 92.5 Å². The number of rotatable bonds is 6. The van der Waals surface area contributed by atoms with Crippen LogP contribution in [0.3, 0.4) is 0 Å². The quantitative estimate of drug-likeness (QED) is 0.555. The first-order chi connectivity index (χ1) is 11.6. The van der Waals surface area contributed by atoms with Crippen molar-refractivity contribution in [1.29, 1.82) is 0 Å². The molecule has 1 saturated carbocycles. The first kappa shape index (κ1) is 18.6. The fourth-order valence-electron chi connectivity index (χ4n) is 5.03. The van der Waals surface area contributed by atoms with Crippen molar-refractivity contribution in [2.75, 3.05) is 6.54 Å². The van der Waals surface area contributed by atoms with Gasteiger partial charge in [-0.1, -0.05) is 19.1 Å². The minimum absolute atomic E-state index is 0.0299. The molecule has 140 valence electrons. The lowest BCUT2D eigenvalue weighted by Gasteiger charge is -2.46. The second-order valence-electron chi connectivity index (χ2n) is 8.06. The van der Waals surface area contributed by atoms with Crippen LogP contribution in [0.25, 0.3) is 0 Å². The molecule has 3 aliphatic rings. The van der Waals surface area contributed by atoms with Gasteiger partial charge in [-0.3, -0.25) is 4.79 Å². The average molecular weight is 368 g/mol. The summed E-state index contributed by atoms with van der Waals surface area (Å²) in [4.78, 5) is 14.4. The second-order valence-corrected chi connectivity index (χ2v) is 9.44. The Morgan fingerprint density at radius 1 is 1.36 bits per heavy atom. The van der Waals surface area contributed by atoms with Gasteiger partial charge in [-0.05, 0) is 56.9 Å². The number of fused-ring (bicyclic) bond motifs is 1. The smallest absolute Gasteiger partial charge is 0.274 e. The molecule has 0 aromatic carbocycles. The van der Waals surface area contributed by atoms with Crippen LogP contribution in [0.2, 0.25) is 0 Å². The van der Waals surface area contributed by atoms with Crippen molar-refractivity contribution in [1.82, 2.24) is 9.62 Å². The van der Waals surface area contributed by atoms with Crippen molar-refractivity contribution in [3.8, 4) is 0 Å². The van der Waals surface area contributed by atoms with Crippen LogP contribution in [-0.4, -0.2) is 31.8 Å². The summed E-state index contributed by atoms with van der Waals surface area (Å²) >= 11 is 0. The van der Waals surface area contributed by atoms with E-state index in [4.69, 9.17) is 5.14 Å². The Balaban J connectivity index is 1.61. The normalized spacial score (nSPS) is 35.1. The van der Waals surface area contributed by atoms with Crippen LogP contribution < -0.4 is 9.86 Å². The van der Waals surface area contributed by atoms with E-state index >= 15 is 0 Å². The van der Waals surface area contributed by atoms with E-state index in [1.165, 1.54) is 5.57 Å². The summed E-state index contributed by atoms with van der Waals surface area (Å²) < 4.78 is 24.5. The molecule has 5 atom stereocenters. The highest BCUT2D eigenvalue weighted by atomic mass is 32.2. The lowest BCUT2D eigenvalue weighted by molar-refractivity contribution is -0.149. The van der Waals surface area contributed by atoms with Crippen molar-refractivity contribution >= 4 is 16.1 Å². The summed E-state index contributed by atoms with van der Waals surface area (Å²) in [5.74, 6) is 1.44. The van der Waals surface area contributed by atoms with E-state index in [-0.39, 0.29) is 17.9 Å². The van der Waals surface area contributed by atoms with E-state index in [1.807, 2.05) is 11.8 Å². The Bertz CT molecular complexity index is 728. The number of β-lactam (4-membered cyclic amide) rings is 1. The molecule has 2 aliphatic heterocycles. The van der Waals surface area contributed by atoms with Gasteiger partial charge in [0.15, 0.2) is 0 Å². The molecule has 1 saturated heterocycles. The summed E-state index contributed by atoms with van der Waals surface area (Å²) in [7, 11) is -3.61. The number of carbonyl (C=O) groups is 1. The first-order valence-electron chi connectivity index (χ1n) is 9.05. The molecule has 0 bridgehead atoms. The van der Waals surface area contributed by atoms with E-state index in [1.54, 1.807) is 0 Å². The second kappa shape index (κ2) is 6.52. The minimum Gasteiger partial charge on any atom is -0.311 e. The lowest BCUT2D eigenvalue weighted by Crippen LogP contribution is -2.59. The molecule has 25 heavy (non-hydrogen) atoms. The highest BCUT2D eigenvalue weighted by molar-refractivity contribution is 7.87. The molecule has 3 rings (SSSR count). The molecule has 0 spiro atoms. The molecule has 0 aromatic heterocycles. The maximum Gasteiger partial charge on any atom is 0.274 e. The zero-order chi connectivity index (χ0) is 18.5. The van der Waals surface area contributed by atoms with Crippen LogP contribution in [0.4, 0.5) is 0 Å². The molecule has 7 heteroatoms. The van der Waals surface area contributed by atoms with Crippen LogP contribution in [0.1, 0.15) is 46.5 Å². The van der Waals surface area contributed by atoms with Gasteiger partial charge >= 0.3 is 0 Å². The predicted octanol–water partition coefficient (Wildman–Crippen LogP) is 1.91. The third kappa shape index (κ3) is 3.41. The van der Waals surface area contributed by atoms with Crippen molar-refractivity contribution in [3.05, 3.63) is 23.4 Å². The molecule has 1 aliphatic carbocycles. The molecule has 0 unspecified atom stereocenters. The van der Waals surface area contributed by atoms with E-state index in [0.717, 1.165) is 37.0 Å². The number of allylic oxidation sites excluding steroid dienone is 1. The Morgan fingerprint density at radius 3 is 2.60 bits per heavy atom. The van der Waals surface area contributed by atoms with Crippen molar-refractivity contribution in [2.45, 2.75) is 52.5 Å². The van der Waals surface area contributed by atoms with Gasteiger partial charge in [0, 0.05) is 18.2 Å². The standard InChI is InChI=1S/C18H29N3O3S/c1-10(2)16-17-11(3)15(12(4)21(17)18(16)22)8-13-5-6-14(7-13)9-20-25(19,23)24/h11,13-14,16-17,20H,1,5-9H2,2-4H3,(H2,19,23,24)/t11-,13+,14-,16+,17+/m0/s1. The van der Waals surface area contributed by atoms with Crippen LogP contribution in [0.5, 0.6) is 0 Å². The van der Waals surface area contributed by atoms with Gasteiger partial charge in [0.25, 0.3) is 10.2 Å². The van der Waals surface area contributed by atoms with Crippen molar-refractivity contribution < 1.29 is 13.2 Å². The average Bonchev–Trinajstić information content (AvgIpc) is 3.00. The Labute approximate surface area is 150 Å². The SMILES string of the molecule is C=C(C)[C@H]1C(=O)N2C(C)=C(C[C@@H]3CC[C@H](CNS(N)(=O)=O)C3)[C@H](C)[C@H]12. The first-order valence-corrected chi connectivity index (χ1v) is 10.6. The number of nitrogens with zero attached hydrogens (tertiary/aromatic N) is 1. The number of nitrogens with two attached hydrogens (primary N) is 1. The molecule has 2 fully saturated rings. The zero-order valence-corrected chi connectivity index (χ0v) is 16.1. The fourth-order valence-corrected chi connectivity index (χ4v) is 5.50. The van der Waals surface area contributed by atoms with E-state index in [2.05, 4.69) is 25.1 Å². The molecular formula is C18H29N3O3S. The Hall–Kier alpha value is -1.18. The third-order valence-corrected chi connectivity index (χ3v) is 6.86. The Morgan fingerprint density at radius 2 is 2.00 bits per heavy atom. The number of amides is 1. The van der Waals surface area contributed by atoms with Gasteiger partial charge in [-0.2, -0.15) is 8.42 Å². The summed E-state index contributed by atoms with van der Waals surface area (Å²) in [6.07, 6.45) is 4.13. The van der Waals surface area contributed by atoms with Crippen molar-refractivity contribution in [3.63, 3.8) is 0 Å². The van der Waals surface area contributed by atoms with E-state index in [0.29, 0.717) is 24.3 Å². The highest BCUT2D eigenvalue weighted by Crippen LogP contribution is 2.50. The molecule has 1 amide bonds. The van der Waals surface area contributed by atoms with Gasteiger partial charge in [-0.15, -0.1) is 0 Å². The van der Waals surface area contributed by atoms with Crippen molar-refractivity contribution in [2.24, 2.45) is 28.8 Å². The third-order valence-electron chi connectivity index (χ3n) is 6.29. The lowest BCUT2D eigenvalue weighted by atomic mass is 9.76. The maximum atomic E-state index is 12.4. The highest BCUT2D eigenvalue weighted by Gasteiger charge is 2.55. The molecule has 0 aromatic rings. The number of nitrogens with one attached hydrogen (secondary N) is 1. The predicted molar refractivity (Wildman–Crippen MR) is 97.4 cm³/mol. The van der Waals surface area contributed by atoms with Crippen LogP contribution >= 0.6 is 0 Å². The summed E-state index contributed by atoms with van der Waals surface area (Å²) in [6, 6.07) is 0.251. The van der Waals surface area contributed by atoms with E-state index in [9.17, 15) is 13.2 Å². The van der Waals surface area contributed by atoms with Gasteiger partial charge in [0.05, 0.1) is 12.0 Å². The summed E-state index contributed by atoms with van der Waals surface area (Å²) in [5.41, 5.74) is 3.49. The number of hydrogen-bond donors (Lipinski definition) is 2. The molecule has 2 heterocycles. The molecule has 6 nitrogen and oxygen atoms in total. The molecular weight excluding hydrogens is 338 g/mol. The number of hydrogen-bond acceptors (Lipinski definition) is 3. The van der Waals surface area contributed by atoms with Crippen LogP contribution in [-0.2, 0) is 15.0 Å². The summed E-state index contributed by atoms with van der Waals surface area (Å²) in [6.45, 7) is 10.6. The monoisotopic (exact) mass is 367 g/mol.